The Bertz CT molecular complexity index is 90.2. The number of hydrogen-bond acceptors (Lipinski definition) is 0. The zero-order valence-corrected chi connectivity index (χ0v) is 8.10. The largest absolute Gasteiger partial charge is 0.0654 e. The zero-order chi connectivity index (χ0) is 8.10. The molecule has 0 radical (unpaired) electrons. The van der Waals surface area contributed by atoms with Crippen LogP contribution < -0.4 is 0 Å². The van der Waals surface area contributed by atoms with Gasteiger partial charge in [0.05, 0.1) is 0 Å². The third-order valence-corrected chi connectivity index (χ3v) is 2.99. The van der Waals surface area contributed by atoms with E-state index >= 15 is 0 Å². The molecule has 0 aromatic rings. The molecule has 0 amide bonds. The third-order valence-electron chi connectivity index (χ3n) is 2.99. The van der Waals surface area contributed by atoms with E-state index in [1.165, 1.54) is 44.9 Å². The monoisotopic (exact) mass is 154 g/mol. The Balaban J connectivity index is 2.08. The molecule has 66 valence electrons. The van der Waals surface area contributed by atoms with Crippen LogP contribution in [0.25, 0.3) is 0 Å². The van der Waals surface area contributed by atoms with Gasteiger partial charge in [0.1, 0.15) is 0 Å². The third kappa shape index (κ3) is 3.27. The Morgan fingerprint density at radius 1 is 1.27 bits per heavy atom. The molecular formula is C11H22. The molecule has 0 spiro atoms. The molecule has 0 nitrogen and oxygen atoms in total. The fraction of sp³-hybridized carbons (Fsp3) is 1.00. The van der Waals surface area contributed by atoms with Crippen molar-refractivity contribution < 1.29 is 0 Å². The standard InChI is InChI=1S/C11H22/c1-3-6-10(2)9-11-7-4-5-8-11/h10-11H,3-9H2,1-2H3/t10-/m1/s1. The molecule has 1 saturated carbocycles. The van der Waals surface area contributed by atoms with Gasteiger partial charge in [0.25, 0.3) is 0 Å². The van der Waals surface area contributed by atoms with Crippen LogP contribution in [0.1, 0.15) is 58.8 Å². The van der Waals surface area contributed by atoms with Crippen molar-refractivity contribution in [2.45, 2.75) is 58.8 Å². The minimum Gasteiger partial charge on any atom is -0.0654 e. The van der Waals surface area contributed by atoms with Crippen molar-refractivity contribution in [2.75, 3.05) is 0 Å². The van der Waals surface area contributed by atoms with Crippen molar-refractivity contribution in [2.24, 2.45) is 11.8 Å². The highest BCUT2D eigenvalue weighted by atomic mass is 14.2. The molecule has 0 N–H and O–H groups in total. The van der Waals surface area contributed by atoms with Crippen LogP contribution in [0.4, 0.5) is 0 Å². The second-order valence-corrected chi connectivity index (χ2v) is 4.28. The lowest BCUT2D eigenvalue weighted by Gasteiger charge is -2.14. The first-order valence-electron chi connectivity index (χ1n) is 5.33. The summed E-state index contributed by atoms with van der Waals surface area (Å²) in [5, 5.41) is 0. The summed E-state index contributed by atoms with van der Waals surface area (Å²) in [7, 11) is 0. The number of hydrogen-bond donors (Lipinski definition) is 0. The van der Waals surface area contributed by atoms with Gasteiger partial charge in [-0.2, -0.15) is 0 Å². The van der Waals surface area contributed by atoms with Crippen molar-refractivity contribution >= 4 is 0 Å². The van der Waals surface area contributed by atoms with E-state index in [1.54, 1.807) is 0 Å². The minimum atomic E-state index is 0.989. The molecule has 11 heavy (non-hydrogen) atoms. The molecule has 0 bridgehead atoms. The van der Waals surface area contributed by atoms with Gasteiger partial charge in [0.2, 0.25) is 0 Å². The van der Waals surface area contributed by atoms with Crippen molar-refractivity contribution in [3.05, 3.63) is 0 Å². The van der Waals surface area contributed by atoms with Crippen LogP contribution in [0.15, 0.2) is 0 Å². The predicted octanol–water partition coefficient (Wildman–Crippen LogP) is 4.00. The molecule has 1 aliphatic carbocycles. The summed E-state index contributed by atoms with van der Waals surface area (Å²) in [6.45, 7) is 4.72. The van der Waals surface area contributed by atoms with Crippen LogP contribution in [0, 0.1) is 11.8 Å². The minimum absolute atomic E-state index is 0.989. The maximum Gasteiger partial charge on any atom is -0.0412 e. The van der Waals surface area contributed by atoms with Crippen LogP contribution in [0.5, 0.6) is 0 Å². The quantitative estimate of drug-likeness (QED) is 0.574. The molecule has 1 aliphatic rings. The van der Waals surface area contributed by atoms with Gasteiger partial charge in [-0.1, -0.05) is 52.4 Å². The van der Waals surface area contributed by atoms with Crippen molar-refractivity contribution in [3.63, 3.8) is 0 Å². The molecule has 1 atom stereocenters. The van der Waals surface area contributed by atoms with Crippen LogP contribution in [0.3, 0.4) is 0 Å². The summed E-state index contributed by atoms with van der Waals surface area (Å²) >= 11 is 0. The maximum absolute atomic E-state index is 2.42. The molecule has 0 unspecified atom stereocenters. The molecule has 1 rings (SSSR count). The first kappa shape index (κ1) is 9.09. The average molecular weight is 154 g/mol. The highest BCUT2D eigenvalue weighted by molar-refractivity contribution is 4.69. The van der Waals surface area contributed by atoms with Crippen LogP contribution >= 0.6 is 0 Å². The second-order valence-electron chi connectivity index (χ2n) is 4.28. The van der Waals surface area contributed by atoms with Gasteiger partial charge in [0.15, 0.2) is 0 Å². The summed E-state index contributed by atoms with van der Waals surface area (Å²) in [5.41, 5.74) is 0. The maximum atomic E-state index is 2.42. The van der Waals surface area contributed by atoms with E-state index in [-0.39, 0.29) is 0 Å². The van der Waals surface area contributed by atoms with E-state index in [0.717, 1.165) is 11.8 Å². The summed E-state index contributed by atoms with van der Waals surface area (Å²) in [4.78, 5) is 0. The van der Waals surface area contributed by atoms with Crippen LogP contribution in [-0.2, 0) is 0 Å². The smallest absolute Gasteiger partial charge is 0.0412 e. The Kier molecular flexibility index (Phi) is 3.96. The van der Waals surface area contributed by atoms with Crippen LogP contribution in [-0.4, -0.2) is 0 Å². The topological polar surface area (TPSA) is 0 Å². The van der Waals surface area contributed by atoms with E-state index in [0.29, 0.717) is 0 Å². The van der Waals surface area contributed by atoms with Gasteiger partial charge in [-0.15, -0.1) is 0 Å². The molecule has 0 aromatic heterocycles. The molecule has 0 heteroatoms. The van der Waals surface area contributed by atoms with E-state index in [9.17, 15) is 0 Å². The lowest BCUT2D eigenvalue weighted by molar-refractivity contribution is 0.377. The van der Waals surface area contributed by atoms with Gasteiger partial charge >= 0.3 is 0 Å². The molecule has 0 aromatic carbocycles. The van der Waals surface area contributed by atoms with Crippen molar-refractivity contribution in [1.82, 2.24) is 0 Å². The fourth-order valence-electron chi connectivity index (χ4n) is 2.43. The van der Waals surface area contributed by atoms with E-state index < -0.39 is 0 Å². The molecular weight excluding hydrogens is 132 g/mol. The Morgan fingerprint density at radius 2 is 1.91 bits per heavy atom. The van der Waals surface area contributed by atoms with E-state index in [4.69, 9.17) is 0 Å². The Labute approximate surface area is 71.4 Å². The van der Waals surface area contributed by atoms with Crippen molar-refractivity contribution in [1.29, 1.82) is 0 Å². The Hall–Kier alpha value is 0. The van der Waals surface area contributed by atoms with E-state index in [1.807, 2.05) is 0 Å². The average Bonchev–Trinajstić information content (AvgIpc) is 2.40. The van der Waals surface area contributed by atoms with Gasteiger partial charge in [-0.05, 0) is 18.3 Å². The highest BCUT2D eigenvalue weighted by Crippen LogP contribution is 2.31. The van der Waals surface area contributed by atoms with Crippen molar-refractivity contribution in [3.8, 4) is 0 Å². The van der Waals surface area contributed by atoms with Crippen LogP contribution in [0.2, 0.25) is 0 Å². The normalized spacial score (nSPS) is 22.4. The van der Waals surface area contributed by atoms with Gasteiger partial charge in [-0.3, -0.25) is 0 Å². The van der Waals surface area contributed by atoms with E-state index in [2.05, 4.69) is 13.8 Å². The second kappa shape index (κ2) is 4.79. The zero-order valence-electron chi connectivity index (χ0n) is 8.10. The first-order chi connectivity index (χ1) is 5.33. The van der Waals surface area contributed by atoms with Gasteiger partial charge < -0.3 is 0 Å². The molecule has 0 heterocycles. The van der Waals surface area contributed by atoms with Gasteiger partial charge in [-0.25, -0.2) is 0 Å². The summed E-state index contributed by atoms with van der Waals surface area (Å²) in [6.07, 6.45) is 10.4. The molecule has 1 fully saturated rings. The molecule has 0 saturated heterocycles. The van der Waals surface area contributed by atoms with Gasteiger partial charge in [0, 0.05) is 0 Å². The SMILES string of the molecule is CCC[C@@H](C)CC1CCCC1. The summed E-state index contributed by atoms with van der Waals surface area (Å²) < 4.78 is 0. The lowest BCUT2D eigenvalue weighted by atomic mass is 9.92. The number of rotatable bonds is 4. The first-order valence-corrected chi connectivity index (χ1v) is 5.33. The molecule has 0 aliphatic heterocycles. The predicted molar refractivity (Wildman–Crippen MR) is 50.6 cm³/mol. The summed E-state index contributed by atoms with van der Waals surface area (Å²) in [5.74, 6) is 2.08. The summed E-state index contributed by atoms with van der Waals surface area (Å²) in [6, 6.07) is 0. The highest BCUT2D eigenvalue weighted by Gasteiger charge is 2.16. The lowest BCUT2D eigenvalue weighted by Crippen LogP contribution is -2.02. The Morgan fingerprint density at radius 3 is 2.45 bits per heavy atom. The fourth-order valence-corrected chi connectivity index (χ4v) is 2.43.